The highest BCUT2D eigenvalue weighted by molar-refractivity contribution is 5.67. The lowest BCUT2D eigenvalue weighted by molar-refractivity contribution is -0.132. The van der Waals surface area contributed by atoms with E-state index in [1.807, 2.05) is 74.6 Å². The Bertz CT molecular complexity index is 1960. The summed E-state index contributed by atoms with van der Waals surface area (Å²) in [6.45, 7) is 4.63. The first-order valence-electron chi connectivity index (χ1n) is 17.0. The van der Waals surface area contributed by atoms with E-state index in [1.54, 1.807) is 14.0 Å². The summed E-state index contributed by atoms with van der Waals surface area (Å²) in [6, 6.07) is 22.2. The largest absolute Gasteiger partial charge is 0.507 e. The van der Waals surface area contributed by atoms with Crippen LogP contribution in [0.1, 0.15) is 62.7 Å². The van der Waals surface area contributed by atoms with Crippen LogP contribution in [0.5, 0.6) is 28.7 Å². The number of likely N-dealkylation sites (N-methyl/N-ethyl adjacent to an activating group) is 1. The van der Waals surface area contributed by atoms with Crippen LogP contribution < -0.4 is 18.9 Å². The molecule has 0 aromatic heterocycles. The molecule has 258 valence electrons. The number of aromatic hydroxyl groups is 1. The molecule has 1 fully saturated rings. The molecular weight excluding hydrogens is 634 g/mol. The lowest BCUT2D eigenvalue weighted by atomic mass is 9.70. The van der Waals surface area contributed by atoms with Gasteiger partial charge in [0.05, 0.1) is 44.5 Å². The van der Waals surface area contributed by atoms with E-state index in [0.29, 0.717) is 59.3 Å². The van der Waals surface area contributed by atoms with E-state index in [9.17, 15) is 15.5 Å². The fraction of sp³-hybridized carbons (Fsp3) is 0.375. The topological polar surface area (TPSA) is 117 Å². The van der Waals surface area contributed by atoms with Crippen LogP contribution in [-0.4, -0.2) is 65.7 Å². The van der Waals surface area contributed by atoms with E-state index in [1.165, 1.54) is 0 Å². The average Bonchev–Trinajstić information content (AvgIpc) is 3.62. The monoisotopic (exact) mass is 675 g/mol. The Morgan fingerprint density at radius 2 is 1.60 bits per heavy atom. The van der Waals surface area contributed by atoms with Gasteiger partial charge in [-0.2, -0.15) is 5.26 Å². The number of nitrogens with zero attached hydrogens (tertiary/aromatic N) is 3. The SMILES string of the molecule is COc1c(C)cc2c(c1OCc1ccccc1)C1[C@H]3[C@H](O)c4c(O)c(C)c5c(c4[C@H](COCc4ccccc4)N3[C@@H](C#N)C(C2)N1C)OCO5. The van der Waals surface area contributed by atoms with Gasteiger partial charge < -0.3 is 33.9 Å². The number of aryl methyl sites for hydroxylation is 1. The zero-order valence-corrected chi connectivity index (χ0v) is 28.6. The first-order valence-corrected chi connectivity index (χ1v) is 17.0. The summed E-state index contributed by atoms with van der Waals surface area (Å²) in [7, 11) is 3.66. The molecule has 10 nitrogen and oxygen atoms in total. The Morgan fingerprint density at radius 3 is 2.28 bits per heavy atom. The number of aliphatic hydroxyl groups is 1. The quantitative estimate of drug-likeness (QED) is 0.237. The van der Waals surface area contributed by atoms with Crippen LogP contribution in [0.25, 0.3) is 0 Å². The number of piperazine rings is 1. The minimum atomic E-state index is -1.20. The molecule has 2 bridgehead atoms. The predicted octanol–water partition coefficient (Wildman–Crippen LogP) is 5.80. The molecule has 4 aromatic carbocycles. The highest BCUT2D eigenvalue weighted by atomic mass is 16.7. The van der Waals surface area contributed by atoms with E-state index in [2.05, 4.69) is 21.9 Å². The summed E-state index contributed by atoms with van der Waals surface area (Å²) in [5, 5.41) is 35.4. The normalized spacial score (nSPS) is 24.9. The van der Waals surface area contributed by atoms with E-state index in [-0.39, 0.29) is 25.2 Å². The third kappa shape index (κ3) is 4.99. The molecule has 0 spiro atoms. The van der Waals surface area contributed by atoms with Crippen molar-refractivity contribution in [3.8, 4) is 34.8 Å². The van der Waals surface area contributed by atoms with Crippen molar-refractivity contribution in [2.24, 2.45) is 0 Å². The van der Waals surface area contributed by atoms with Crippen LogP contribution in [0.15, 0.2) is 66.7 Å². The Labute approximate surface area is 291 Å². The first kappa shape index (κ1) is 32.4. The second kappa shape index (κ2) is 12.8. The fourth-order valence-corrected chi connectivity index (χ4v) is 8.73. The number of phenolic OH excluding ortho intramolecular Hbond substituents is 1. The molecular formula is C40H41N3O7. The summed E-state index contributed by atoms with van der Waals surface area (Å²) in [5.74, 6) is 2.14. The molecule has 0 saturated carbocycles. The molecule has 50 heavy (non-hydrogen) atoms. The van der Waals surface area contributed by atoms with Crippen LogP contribution in [-0.2, 0) is 24.4 Å². The summed E-state index contributed by atoms with van der Waals surface area (Å²) >= 11 is 0. The third-order valence-electron chi connectivity index (χ3n) is 10.9. The van der Waals surface area contributed by atoms with Gasteiger partial charge >= 0.3 is 0 Å². The van der Waals surface area contributed by atoms with Gasteiger partial charge in [-0.15, -0.1) is 0 Å². The van der Waals surface area contributed by atoms with E-state index >= 15 is 0 Å². The summed E-state index contributed by atoms with van der Waals surface area (Å²) in [4.78, 5) is 4.31. The lowest BCUT2D eigenvalue weighted by Gasteiger charge is -2.61. The highest BCUT2D eigenvalue weighted by Crippen LogP contribution is 2.61. The molecule has 2 N–H and O–H groups in total. The zero-order chi connectivity index (χ0) is 34.7. The first-order chi connectivity index (χ1) is 24.3. The second-order valence-corrected chi connectivity index (χ2v) is 13.6. The molecule has 10 heteroatoms. The van der Waals surface area contributed by atoms with Crippen LogP contribution in [0, 0.1) is 25.2 Å². The van der Waals surface area contributed by atoms with Crippen molar-refractivity contribution in [2.45, 2.75) is 69.8 Å². The minimum Gasteiger partial charge on any atom is -0.507 e. The Morgan fingerprint density at radius 1 is 0.920 bits per heavy atom. The molecule has 0 aliphatic carbocycles. The number of ether oxygens (including phenoxy) is 5. The minimum absolute atomic E-state index is 0.00646. The van der Waals surface area contributed by atoms with Gasteiger partial charge in [0.1, 0.15) is 24.5 Å². The van der Waals surface area contributed by atoms with Gasteiger partial charge in [0.2, 0.25) is 6.79 Å². The maximum Gasteiger partial charge on any atom is 0.231 e. The third-order valence-corrected chi connectivity index (χ3v) is 10.9. The Balaban J connectivity index is 1.30. The van der Waals surface area contributed by atoms with Crippen LogP contribution in [0.3, 0.4) is 0 Å². The molecule has 0 radical (unpaired) electrons. The number of nitriles is 1. The maximum atomic E-state index is 12.6. The van der Waals surface area contributed by atoms with E-state index in [0.717, 1.165) is 27.8 Å². The molecule has 0 amide bonds. The van der Waals surface area contributed by atoms with Crippen molar-refractivity contribution in [2.75, 3.05) is 27.6 Å². The van der Waals surface area contributed by atoms with Crippen LogP contribution in [0.2, 0.25) is 0 Å². The molecule has 4 aliphatic rings. The van der Waals surface area contributed by atoms with Crippen molar-refractivity contribution in [1.29, 1.82) is 5.26 Å². The van der Waals surface area contributed by atoms with Crippen molar-refractivity contribution in [3.63, 3.8) is 0 Å². The zero-order valence-electron chi connectivity index (χ0n) is 28.6. The summed E-state index contributed by atoms with van der Waals surface area (Å²) in [5.41, 5.74) is 6.41. The molecule has 6 atom stereocenters. The molecule has 2 unspecified atom stereocenters. The Hall–Kier alpha value is -4.79. The van der Waals surface area contributed by atoms with Gasteiger partial charge in [-0.3, -0.25) is 9.80 Å². The number of phenols is 1. The number of fused-ring (bicyclic) bond motifs is 9. The number of hydrogen-bond donors (Lipinski definition) is 2. The van der Waals surface area contributed by atoms with Gasteiger partial charge in [0, 0.05) is 28.3 Å². The van der Waals surface area contributed by atoms with Gasteiger partial charge in [0.25, 0.3) is 0 Å². The maximum absolute atomic E-state index is 12.6. The number of benzene rings is 4. The molecule has 8 rings (SSSR count). The van der Waals surface area contributed by atoms with Crippen LogP contribution >= 0.6 is 0 Å². The van der Waals surface area contributed by atoms with Crippen molar-refractivity contribution < 1.29 is 33.9 Å². The average molecular weight is 676 g/mol. The number of aliphatic hydroxyl groups excluding tert-OH is 1. The van der Waals surface area contributed by atoms with Gasteiger partial charge in [-0.05, 0) is 49.6 Å². The van der Waals surface area contributed by atoms with Gasteiger partial charge in [0.15, 0.2) is 23.0 Å². The summed E-state index contributed by atoms with van der Waals surface area (Å²) < 4.78 is 31.1. The van der Waals surface area contributed by atoms with Crippen LogP contribution in [0.4, 0.5) is 0 Å². The molecule has 1 saturated heterocycles. The predicted molar refractivity (Wildman–Crippen MR) is 184 cm³/mol. The lowest BCUT2D eigenvalue weighted by Crippen LogP contribution is -2.69. The standard InChI is InChI=1S/C40H41N3O7/c1-22-15-26-16-27-28(17-41)43-29(20-47-18-24-11-7-5-8-12-24)31-32(35(44)23(2)38-40(31)50-21-49-38)36(45)34(43)33(42(27)3)30(26)39(37(22)46-4)48-19-25-13-9-6-10-14-25/h5-15,27-29,33-34,36,44-45H,16,18-21H2,1-4H3/t27?,28-,29-,33?,34-,36+/m0/s1. The molecule has 4 aromatic rings. The fourth-order valence-electron chi connectivity index (χ4n) is 8.73. The van der Waals surface area contributed by atoms with Crippen molar-refractivity contribution in [3.05, 3.63) is 111 Å². The number of rotatable bonds is 8. The Kier molecular flexibility index (Phi) is 8.32. The van der Waals surface area contributed by atoms with E-state index in [4.69, 9.17) is 23.7 Å². The summed E-state index contributed by atoms with van der Waals surface area (Å²) in [6.07, 6.45) is -0.610. The van der Waals surface area contributed by atoms with Gasteiger partial charge in [-0.1, -0.05) is 66.7 Å². The van der Waals surface area contributed by atoms with Crippen molar-refractivity contribution >= 4 is 0 Å². The van der Waals surface area contributed by atoms with Gasteiger partial charge in [-0.25, -0.2) is 0 Å². The molecule has 4 aliphatic heterocycles. The second-order valence-electron chi connectivity index (χ2n) is 13.6. The highest BCUT2D eigenvalue weighted by Gasteiger charge is 2.59. The molecule has 4 heterocycles. The van der Waals surface area contributed by atoms with E-state index < -0.39 is 30.3 Å². The smallest absolute Gasteiger partial charge is 0.231 e. The van der Waals surface area contributed by atoms with Crippen molar-refractivity contribution in [1.82, 2.24) is 9.80 Å². The number of methoxy groups -OCH3 is 1. The number of hydrogen-bond acceptors (Lipinski definition) is 10.